The summed E-state index contributed by atoms with van der Waals surface area (Å²) >= 11 is 5.86. The lowest BCUT2D eigenvalue weighted by molar-refractivity contribution is 0.0951. The zero-order valence-electron chi connectivity index (χ0n) is 14.3. The number of rotatable bonds is 5. The predicted molar refractivity (Wildman–Crippen MR) is 99.9 cm³/mol. The number of hydrogen-bond acceptors (Lipinski definition) is 2. The van der Waals surface area contributed by atoms with Crippen molar-refractivity contribution < 1.29 is 4.79 Å². The summed E-state index contributed by atoms with van der Waals surface area (Å²) in [6, 6.07) is 17.1. The molecule has 1 amide bonds. The Morgan fingerprint density at radius 1 is 1.04 bits per heavy atom. The molecule has 4 nitrogen and oxygen atoms in total. The molecule has 0 unspecified atom stereocenters. The van der Waals surface area contributed by atoms with Crippen molar-refractivity contribution in [1.82, 2.24) is 15.1 Å². The summed E-state index contributed by atoms with van der Waals surface area (Å²) in [6.45, 7) is 5.20. The van der Waals surface area contributed by atoms with Crippen molar-refractivity contribution >= 4 is 17.5 Å². The fourth-order valence-electron chi connectivity index (χ4n) is 2.66. The third kappa shape index (κ3) is 4.48. The number of hydrogen-bond donors (Lipinski definition) is 1. The second kappa shape index (κ2) is 7.53. The second-order valence-corrected chi connectivity index (χ2v) is 6.53. The summed E-state index contributed by atoms with van der Waals surface area (Å²) in [4.78, 5) is 12.3. The average Bonchev–Trinajstić information content (AvgIpc) is 2.92. The molecule has 25 heavy (non-hydrogen) atoms. The van der Waals surface area contributed by atoms with Crippen molar-refractivity contribution in [3.63, 3.8) is 0 Å². The number of amides is 1. The van der Waals surface area contributed by atoms with Gasteiger partial charge in [0.2, 0.25) is 0 Å². The van der Waals surface area contributed by atoms with Gasteiger partial charge < -0.3 is 5.32 Å². The molecule has 3 aromatic rings. The number of nitrogens with zero attached hydrogens (tertiary/aromatic N) is 2. The standard InChI is InChI=1S/C20H20ClN3O/c1-14-11-15(2)24(23-14)13-17-3-7-18(8-4-17)20(25)22-12-16-5-9-19(21)10-6-16/h3-11H,12-13H2,1-2H3,(H,22,25). The quantitative estimate of drug-likeness (QED) is 0.749. The molecule has 0 aliphatic carbocycles. The van der Waals surface area contributed by atoms with Gasteiger partial charge in [0.05, 0.1) is 12.2 Å². The van der Waals surface area contributed by atoms with Gasteiger partial charge in [-0.3, -0.25) is 9.48 Å². The lowest BCUT2D eigenvalue weighted by Gasteiger charge is -2.08. The maximum absolute atomic E-state index is 12.3. The predicted octanol–water partition coefficient (Wildman–Crippen LogP) is 4.13. The lowest BCUT2D eigenvalue weighted by atomic mass is 10.1. The van der Waals surface area contributed by atoms with E-state index >= 15 is 0 Å². The number of halogens is 1. The lowest BCUT2D eigenvalue weighted by Crippen LogP contribution is -2.22. The number of benzene rings is 2. The van der Waals surface area contributed by atoms with Crippen LogP contribution in [0.25, 0.3) is 0 Å². The second-order valence-electron chi connectivity index (χ2n) is 6.09. The number of carbonyl (C=O) groups excluding carboxylic acids is 1. The molecule has 0 saturated heterocycles. The van der Waals surface area contributed by atoms with E-state index in [9.17, 15) is 4.79 Å². The van der Waals surface area contributed by atoms with Crippen molar-refractivity contribution in [3.05, 3.63) is 87.7 Å². The van der Waals surface area contributed by atoms with Crippen LogP contribution >= 0.6 is 11.6 Å². The summed E-state index contributed by atoms with van der Waals surface area (Å²) in [6.07, 6.45) is 0. The van der Waals surface area contributed by atoms with Crippen LogP contribution in [0.5, 0.6) is 0 Å². The molecule has 2 aromatic carbocycles. The van der Waals surface area contributed by atoms with Crippen LogP contribution < -0.4 is 5.32 Å². The van der Waals surface area contributed by atoms with Crippen LogP contribution in [0.3, 0.4) is 0 Å². The zero-order chi connectivity index (χ0) is 17.8. The van der Waals surface area contributed by atoms with E-state index in [-0.39, 0.29) is 5.91 Å². The minimum absolute atomic E-state index is 0.0902. The maximum atomic E-state index is 12.3. The summed E-state index contributed by atoms with van der Waals surface area (Å²) in [5.41, 5.74) is 4.91. The molecule has 0 radical (unpaired) electrons. The molecular formula is C20H20ClN3O. The van der Waals surface area contributed by atoms with Crippen LogP contribution in [0.15, 0.2) is 54.6 Å². The molecule has 1 N–H and O–H groups in total. The highest BCUT2D eigenvalue weighted by Gasteiger charge is 2.07. The number of carbonyl (C=O) groups is 1. The Bertz CT molecular complexity index is 867. The molecule has 1 heterocycles. The van der Waals surface area contributed by atoms with E-state index in [0.29, 0.717) is 23.7 Å². The van der Waals surface area contributed by atoms with Crippen molar-refractivity contribution in [2.24, 2.45) is 0 Å². The minimum Gasteiger partial charge on any atom is -0.348 e. The summed E-state index contributed by atoms with van der Waals surface area (Å²) in [5, 5.41) is 8.07. The fourth-order valence-corrected chi connectivity index (χ4v) is 2.78. The smallest absolute Gasteiger partial charge is 0.251 e. The average molecular weight is 354 g/mol. The Morgan fingerprint density at radius 2 is 1.68 bits per heavy atom. The minimum atomic E-state index is -0.0902. The Labute approximate surface area is 152 Å². The third-order valence-corrected chi connectivity index (χ3v) is 4.27. The summed E-state index contributed by atoms with van der Waals surface area (Å²) < 4.78 is 1.96. The van der Waals surface area contributed by atoms with Crippen LogP contribution in [0, 0.1) is 13.8 Å². The SMILES string of the molecule is Cc1cc(C)n(Cc2ccc(C(=O)NCc3ccc(Cl)cc3)cc2)n1. The van der Waals surface area contributed by atoms with E-state index in [1.807, 2.05) is 67.1 Å². The summed E-state index contributed by atoms with van der Waals surface area (Å²) in [5.74, 6) is -0.0902. The fraction of sp³-hybridized carbons (Fsp3) is 0.200. The normalized spacial score (nSPS) is 10.7. The molecule has 0 atom stereocenters. The van der Waals surface area contributed by atoms with Crippen LogP contribution in [-0.4, -0.2) is 15.7 Å². The molecule has 0 aliphatic heterocycles. The van der Waals surface area contributed by atoms with Gasteiger partial charge in [-0.2, -0.15) is 5.10 Å². The Morgan fingerprint density at radius 3 is 2.28 bits per heavy atom. The highest BCUT2D eigenvalue weighted by Crippen LogP contribution is 2.11. The van der Waals surface area contributed by atoms with Crippen molar-refractivity contribution in [2.45, 2.75) is 26.9 Å². The van der Waals surface area contributed by atoms with Gasteiger partial charge in [0.15, 0.2) is 0 Å². The largest absolute Gasteiger partial charge is 0.348 e. The molecule has 0 saturated carbocycles. The van der Waals surface area contributed by atoms with Gasteiger partial charge in [0, 0.05) is 22.8 Å². The first-order chi connectivity index (χ1) is 12.0. The van der Waals surface area contributed by atoms with Crippen LogP contribution in [0.2, 0.25) is 5.02 Å². The molecule has 0 spiro atoms. The first-order valence-corrected chi connectivity index (χ1v) is 8.52. The number of aryl methyl sites for hydroxylation is 2. The van der Waals surface area contributed by atoms with Gasteiger partial charge in [0.1, 0.15) is 0 Å². The Hall–Kier alpha value is -2.59. The highest BCUT2D eigenvalue weighted by molar-refractivity contribution is 6.30. The highest BCUT2D eigenvalue weighted by atomic mass is 35.5. The first kappa shape index (κ1) is 17.2. The molecular weight excluding hydrogens is 334 g/mol. The zero-order valence-corrected chi connectivity index (χ0v) is 15.0. The third-order valence-electron chi connectivity index (χ3n) is 4.02. The van der Waals surface area contributed by atoms with E-state index < -0.39 is 0 Å². The van der Waals surface area contributed by atoms with Crippen LogP contribution in [-0.2, 0) is 13.1 Å². The van der Waals surface area contributed by atoms with Gasteiger partial charge in [-0.1, -0.05) is 35.9 Å². The van der Waals surface area contributed by atoms with E-state index in [2.05, 4.69) is 16.5 Å². The molecule has 0 fully saturated rings. The van der Waals surface area contributed by atoms with Crippen molar-refractivity contribution in [2.75, 3.05) is 0 Å². The van der Waals surface area contributed by atoms with Crippen LogP contribution in [0.1, 0.15) is 32.9 Å². The van der Waals surface area contributed by atoms with E-state index in [1.165, 1.54) is 0 Å². The van der Waals surface area contributed by atoms with Crippen molar-refractivity contribution in [1.29, 1.82) is 0 Å². The molecule has 0 bridgehead atoms. The van der Waals surface area contributed by atoms with Crippen molar-refractivity contribution in [3.8, 4) is 0 Å². The summed E-state index contributed by atoms with van der Waals surface area (Å²) in [7, 11) is 0. The van der Waals surface area contributed by atoms with Gasteiger partial charge in [-0.25, -0.2) is 0 Å². The molecule has 5 heteroatoms. The van der Waals surface area contributed by atoms with Gasteiger partial charge in [-0.05, 0) is 55.3 Å². The molecule has 0 aliphatic rings. The first-order valence-electron chi connectivity index (χ1n) is 8.14. The Balaban J connectivity index is 1.60. The number of aromatic nitrogens is 2. The van der Waals surface area contributed by atoms with Gasteiger partial charge >= 0.3 is 0 Å². The maximum Gasteiger partial charge on any atom is 0.251 e. The van der Waals surface area contributed by atoms with Crippen LogP contribution in [0.4, 0.5) is 0 Å². The van der Waals surface area contributed by atoms with Gasteiger partial charge in [0.25, 0.3) is 5.91 Å². The molecule has 1 aromatic heterocycles. The molecule has 128 valence electrons. The Kier molecular flexibility index (Phi) is 5.19. The van der Waals surface area contributed by atoms with Gasteiger partial charge in [-0.15, -0.1) is 0 Å². The van der Waals surface area contributed by atoms with E-state index in [0.717, 1.165) is 22.5 Å². The molecule has 3 rings (SSSR count). The van der Waals surface area contributed by atoms with E-state index in [1.54, 1.807) is 0 Å². The number of nitrogens with one attached hydrogen (secondary N) is 1. The topological polar surface area (TPSA) is 46.9 Å². The van der Waals surface area contributed by atoms with E-state index in [4.69, 9.17) is 11.6 Å². The monoisotopic (exact) mass is 353 g/mol.